The first-order valence-corrected chi connectivity index (χ1v) is 14.1. The number of rotatable bonds is 7. The van der Waals surface area contributed by atoms with Crippen molar-refractivity contribution in [1.29, 1.82) is 0 Å². The van der Waals surface area contributed by atoms with Gasteiger partial charge in [0.15, 0.2) is 5.82 Å². The highest BCUT2D eigenvalue weighted by Crippen LogP contribution is 2.37. The number of piperazine rings is 1. The van der Waals surface area contributed by atoms with E-state index in [1.807, 2.05) is 0 Å². The molecule has 0 unspecified atom stereocenters. The topological polar surface area (TPSA) is 130 Å². The molecule has 0 aliphatic carbocycles. The summed E-state index contributed by atoms with van der Waals surface area (Å²) < 4.78 is 81.9. The quantitative estimate of drug-likeness (QED) is 0.252. The minimum absolute atomic E-state index is 0.0500. The molecule has 4 rings (SSSR count). The molecule has 0 radical (unpaired) electrons. The van der Waals surface area contributed by atoms with E-state index >= 15 is 4.39 Å². The Morgan fingerprint density at radius 3 is 2.56 bits per heavy atom. The van der Waals surface area contributed by atoms with E-state index in [0.717, 1.165) is 23.0 Å². The summed E-state index contributed by atoms with van der Waals surface area (Å²) in [5.41, 5.74) is 5.30. The molecule has 220 valence electrons. The van der Waals surface area contributed by atoms with Crippen LogP contribution < -0.4 is 10.6 Å². The summed E-state index contributed by atoms with van der Waals surface area (Å²) in [4.78, 5) is 18.5. The Morgan fingerprint density at radius 1 is 1.27 bits per heavy atom. The second-order valence-electron chi connectivity index (χ2n) is 9.86. The summed E-state index contributed by atoms with van der Waals surface area (Å²) in [6.07, 6.45) is -1.26. The van der Waals surface area contributed by atoms with Crippen molar-refractivity contribution < 1.29 is 30.8 Å². The van der Waals surface area contributed by atoms with Gasteiger partial charge in [0.05, 0.1) is 23.3 Å². The average Bonchev–Trinajstić information content (AvgIpc) is 3.25. The molecule has 3 aromatic rings. The molecule has 1 aliphatic heterocycles. The van der Waals surface area contributed by atoms with E-state index in [2.05, 4.69) is 21.8 Å². The molecule has 1 amide bonds. The van der Waals surface area contributed by atoms with Crippen LogP contribution in [0.2, 0.25) is 0 Å². The third kappa shape index (κ3) is 5.61. The van der Waals surface area contributed by atoms with E-state index in [-0.39, 0.29) is 41.4 Å². The van der Waals surface area contributed by atoms with Gasteiger partial charge < -0.3 is 10.6 Å². The zero-order chi connectivity index (χ0) is 30.5. The molecule has 41 heavy (non-hydrogen) atoms. The molecule has 11 nitrogen and oxygen atoms in total. The highest BCUT2D eigenvalue weighted by molar-refractivity contribution is 7.88. The van der Waals surface area contributed by atoms with Gasteiger partial charge in [-0.2, -0.15) is 27.7 Å². The largest absolute Gasteiger partial charge is 0.408 e. The lowest BCUT2D eigenvalue weighted by atomic mass is 9.99. The SMILES string of the molecule is C=C(c1cc(-c2ccc(F)c(N3CCN(S(C)(=O)=O)C(C)(C)C3=O)c2)n2ncnc(N)c12)N(CC(F)(F)F)/N=C\C. The number of aromatic nitrogens is 3. The number of nitrogens with zero attached hydrogens (tertiary/aromatic N) is 7. The van der Waals surface area contributed by atoms with E-state index in [0.29, 0.717) is 16.3 Å². The van der Waals surface area contributed by atoms with Crippen LogP contribution in [0.3, 0.4) is 0 Å². The molecule has 0 saturated carbocycles. The molecule has 1 aromatic carbocycles. The molecule has 3 heterocycles. The van der Waals surface area contributed by atoms with Crippen molar-refractivity contribution in [3.05, 3.63) is 48.6 Å². The highest BCUT2D eigenvalue weighted by Gasteiger charge is 2.47. The number of carbonyl (C=O) groups excluding carboxylic acids is 1. The van der Waals surface area contributed by atoms with E-state index < -0.39 is 40.0 Å². The van der Waals surface area contributed by atoms with Crippen LogP contribution in [0, 0.1) is 5.82 Å². The number of alkyl halides is 3. The van der Waals surface area contributed by atoms with Crippen molar-refractivity contribution in [3.63, 3.8) is 0 Å². The number of benzene rings is 1. The van der Waals surface area contributed by atoms with Crippen molar-refractivity contribution in [3.8, 4) is 11.3 Å². The molecule has 2 aromatic heterocycles. The number of hydrogen-bond acceptors (Lipinski definition) is 8. The third-order valence-corrected chi connectivity index (χ3v) is 8.08. The second-order valence-corrected chi connectivity index (χ2v) is 11.8. The Bertz CT molecular complexity index is 1670. The maximum atomic E-state index is 15.2. The van der Waals surface area contributed by atoms with Crippen LogP contribution >= 0.6 is 0 Å². The molecule has 0 spiro atoms. The maximum Gasteiger partial charge on any atom is 0.408 e. The summed E-state index contributed by atoms with van der Waals surface area (Å²) in [6, 6.07) is 5.39. The molecule has 16 heteroatoms. The smallest absolute Gasteiger partial charge is 0.382 e. The van der Waals surface area contributed by atoms with Gasteiger partial charge in [-0.3, -0.25) is 9.80 Å². The normalized spacial score (nSPS) is 16.6. The molecule has 1 aliphatic rings. The van der Waals surface area contributed by atoms with Crippen molar-refractivity contribution in [2.45, 2.75) is 32.5 Å². The average molecular weight is 597 g/mol. The van der Waals surface area contributed by atoms with Gasteiger partial charge in [-0.25, -0.2) is 22.3 Å². The highest BCUT2D eigenvalue weighted by atomic mass is 32.2. The van der Waals surface area contributed by atoms with Crippen molar-refractivity contribution in [1.82, 2.24) is 23.9 Å². The first-order valence-electron chi connectivity index (χ1n) is 12.2. The lowest BCUT2D eigenvalue weighted by Crippen LogP contribution is -2.64. The monoisotopic (exact) mass is 596 g/mol. The van der Waals surface area contributed by atoms with Gasteiger partial charge in [0, 0.05) is 30.4 Å². The standard InChI is InChI=1S/C25H28F4N8O3S/c1-6-32-35(13-25(27,28)29)15(2)17-12-19(37-21(17)22(30)31-14-33-37)16-7-8-18(26)20(11-16)34-9-10-36(41(5,39)40)24(3,4)23(34)38/h6-8,11-12,14H,2,9-10,13H2,1,3-5H3,(H2,30,31,33)/b32-6-. The number of fused-ring (bicyclic) bond motifs is 1. The minimum atomic E-state index is -4.59. The lowest BCUT2D eigenvalue weighted by Gasteiger charge is -2.44. The molecule has 2 N–H and O–H groups in total. The van der Waals surface area contributed by atoms with Gasteiger partial charge in [-0.05, 0) is 45.0 Å². The van der Waals surface area contributed by atoms with Gasteiger partial charge in [0.1, 0.15) is 29.7 Å². The Labute approximate surface area is 233 Å². The predicted molar refractivity (Wildman–Crippen MR) is 147 cm³/mol. The number of sulfonamides is 1. The number of hydrazone groups is 1. The van der Waals surface area contributed by atoms with Gasteiger partial charge in [-0.15, -0.1) is 0 Å². The fraction of sp³-hybridized carbons (Fsp3) is 0.360. The molecule has 1 fully saturated rings. The summed E-state index contributed by atoms with van der Waals surface area (Å²) in [6.45, 7) is 6.55. The van der Waals surface area contributed by atoms with Crippen LogP contribution in [0.5, 0.6) is 0 Å². The van der Waals surface area contributed by atoms with Crippen LogP contribution in [-0.2, 0) is 14.8 Å². The molecule has 0 bridgehead atoms. The lowest BCUT2D eigenvalue weighted by molar-refractivity contribution is -0.139. The molecule has 1 saturated heterocycles. The van der Waals surface area contributed by atoms with Gasteiger partial charge >= 0.3 is 6.18 Å². The Morgan fingerprint density at radius 2 is 1.95 bits per heavy atom. The first kappa shape index (κ1) is 29.9. The predicted octanol–water partition coefficient (Wildman–Crippen LogP) is 3.35. The maximum absolute atomic E-state index is 15.2. The second kappa shape index (κ2) is 10.4. The molecular formula is C25H28F4N8O3S. The van der Waals surface area contributed by atoms with Crippen LogP contribution in [0.15, 0.2) is 42.3 Å². The summed E-state index contributed by atoms with van der Waals surface area (Å²) >= 11 is 0. The van der Waals surface area contributed by atoms with Gasteiger partial charge in [0.2, 0.25) is 15.9 Å². The Balaban J connectivity index is 1.83. The number of nitrogen functional groups attached to an aromatic ring is 1. The van der Waals surface area contributed by atoms with Crippen molar-refractivity contribution in [2.75, 3.05) is 36.5 Å². The number of hydrogen-bond donors (Lipinski definition) is 1. The number of nitrogens with two attached hydrogens (primary N) is 1. The molecule has 0 atom stereocenters. The number of halogens is 4. The minimum Gasteiger partial charge on any atom is -0.382 e. The zero-order valence-corrected chi connectivity index (χ0v) is 23.5. The van der Waals surface area contributed by atoms with Gasteiger partial charge in [0.25, 0.3) is 0 Å². The van der Waals surface area contributed by atoms with Crippen molar-refractivity contribution in [2.24, 2.45) is 5.10 Å². The number of amides is 1. The Kier molecular flexibility index (Phi) is 7.60. The molecular weight excluding hydrogens is 568 g/mol. The van der Waals surface area contributed by atoms with Crippen LogP contribution in [-0.4, -0.2) is 82.1 Å². The van der Waals surface area contributed by atoms with Crippen molar-refractivity contribution >= 4 is 44.9 Å². The summed E-state index contributed by atoms with van der Waals surface area (Å²) in [5.74, 6) is -1.42. The number of carbonyl (C=O) groups is 1. The fourth-order valence-corrected chi connectivity index (χ4v) is 6.17. The van der Waals surface area contributed by atoms with E-state index in [1.165, 1.54) is 54.6 Å². The van der Waals surface area contributed by atoms with E-state index in [4.69, 9.17) is 5.73 Å². The van der Waals surface area contributed by atoms with Gasteiger partial charge in [-0.1, -0.05) is 6.58 Å². The summed E-state index contributed by atoms with van der Waals surface area (Å²) in [7, 11) is -3.72. The van der Waals surface area contributed by atoms with E-state index in [1.54, 1.807) is 0 Å². The van der Waals surface area contributed by atoms with E-state index in [9.17, 15) is 26.4 Å². The zero-order valence-electron chi connectivity index (χ0n) is 22.6. The summed E-state index contributed by atoms with van der Waals surface area (Å²) in [5, 5.41) is 8.66. The fourth-order valence-electron chi connectivity index (χ4n) is 4.85. The Hall–Kier alpha value is -4.05. The van der Waals surface area contributed by atoms with Crippen LogP contribution in [0.25, 0.3) is 22.5 Å². The first-order chi connectivity index (χ1) is 19.0. The van der Waals surface area contributed by atoms with Crippen LogP contribution in [0.1, 0.15) is 26.3 Å². The van der Waals surface area contributed by atoms with Crippen LogP contribution in [0.4, 0.5) is 29.1 Å². The third-order valence-electron chi connectivity index (χ3n) is 6.64. The number of anilines is 2.